The number of aromatic nitrogens is 2. The van der Waals surface area contributed by atoms with E-state index in [1.54, 1.807) is 6.92 Å². The average molecular weight is 239 g/mol. The summed E-state index contributed by atoms with van der Waals surface area (Å²) in [6.45, 7) is 1.75. The van der Waals surface area contributed by atoms with E-state index in [0.29, 0.717) is 24.6 Å². The number of nitrogens with one attached hydrogen (secondary N) is 1. The predicted octanol–water partition coefficient (Wildman–Crippen LogP) is 1.30. The molecule has 6 heteroatoms. The van der Waals surface area contributed by atoms with Crippen LogP contribution < -0.4 is 5.48 Å². The zero-order chi connectivity index (χ0) is 12.1. The van der Waals surface area contributed by atoms with Crippen molar-refractivity contribution in [3.05, 3.63) is 11.7 Å². The number of carbonyl (C=O) groups excluding carboxylic acids is 1. The van der Waals surface area contributed by atoms with Crippen LogP contribution in [0.3, 0.4) is 0 Å². The Bertz CT molecular complexity index is 372. The smallest absolute Gasteiger partial charge is 0.244 e. The summed E-state index contributed by atoms with van der Waals surface area (Å²) in [5.41, 5.74) is 2.47. The minimum Gasteiger partial charge on any atom is -0.339 e. The van der Waals surface area contributed by atoms with Gasteiger partial charge in [-0.15, -0.1) is 0 Å². The van der Waals surface area contributed by atoms with Crippen molar-refractivity contribution in [3.8, 4) is 0 Å². The van der Waals surface area contributed by atoms with Gasteiger partial charge in [0.2, 0.25) is 11.8 Å². The van der Waals surface area contributed by atoms with Gasteiger partial charge in [0.15, 0.2) is 5.82 Å². The Hall–Kier alpha value is -1.43. The molecule has 1 aliphatic carbocycles. The average Bonchev–Trinajstić information content (AvgIpc) is 2.95. The Balaban J connectivity index is 1.63. The van der Waals surface area contributed by atoms with Crippen molar-refractivity contribution in [1.29, 1.82) is 0 Å². The molecule has 1 amide bonds. The van der Waals surface area contributed by atoms with Gasteiger partial charge in [0, 0.05) is 12.8 Å². The van der Waals surface area contributed by atoms with E-state index < -0.39 is 0 Å². The minimum atomic E-state index is -0.146. The van der Waals surface area contributed by atoms with E-state index >= 15 is 0 Å². The van der Waals surface area contributed by atoms with Gasteiger partial charge in [-0.1, -0.05) is 18.0 Å². The lowest BCUT2D eigenvalue weighted by molar-refractivity contribution is -0.138. The molecule has 1 fully saturated rings. The van der Waals surface area contributed by atoms with Crippen molar-refractivity contribution < 1.29 is 14.2 Å². The fourth-order valence-electron chi connectivity index (χ4n) is 1.87. The summed E-state index contributed by atoms with van der Waals surface area (Å²) in [4.78, 5) is 20.8. The topological polar surface area (TPSA) is 77.2 Å². The van der Waals surface area contributed by atoms with E-state index in [4.69, 9.17) is 9.36 Å². The first-order chi connectivity index (χ1) is 8.24. The molecule has 0 radical (unpaired) electrons. The van der Waals surface area contributed by atoms with Gasteiger partial charge in [-0.25, -0.2) is 5.48 Å². The van der Waals surface area contributed by atoms with E-state index in [9.17, 15) is 4.79 Å². The minimum absolute atomic E-state index is 0.146. The largest absolute Gasteiger partial charge is 0.339 e. The third-order valence-electron chi connectivity index (χ3n) is 2.78. The van der Waals surface area contributed by atoms with Gasteiger partial charge >= 0.3 is 0 Å². The van der Waals surface area contributed by atoms with Crippen LogP contribution in [0.15, 0.2) is 4.52 Å². The second kappa shape index (κ2) is 5.77. The van der Waals surface area contributed by atoms with Gasteiger partial charge in [-0.2, -0.15) is 4.98 Å². The Morgan fingerprint density at radius 3 is 2.94 bits per heavy atom. The number of amides is 1. The third-order valence-corrected chi connectivity index (χ3v) is 2.78. The molecule has 0 saturated heterocycles. The van der Waals surface area contributed by atoms with Crippen LogP contribution in [-0.4, -0.2) is 22.2 Å². The summed E-state index contributed by atoms with van der Waals surface area (Å²) >= 11 is 0. The van der Waals surface area contributed by atoms with Crippen molar-refractivity contribution in [2.45, 2.75) is 51.6 Å². The number of hydrogen-bond donors (Lipinski definition) is 1. The first-order valence-corrected chi connectivity index (χ1v) is 5.98. The molecule has 1 aromatic heterocycles. The quantitative estimate of drug-likeness (QED) is 0.784. The van der Waals surface area contributed by atoms with E-state index in [1.807, 2.05) is 0 Å². The first kappa shape index (κ1) is 12.0. The molecule has 17 heavy (non-hydrogen) atoms. The van der Waals surface area contributed by atoms with Crippen LogP contribution in [-0.2, 0) is 16.1 Å². The number of nitrogens with zero attached hydrogens (tertiary/aromatic N) is 2. The molecule has 1 aromatic rings. The number of rotatable bonds is 5. The highest BCUT2D eigenvalue weighted by Crippen LogP contribution is 2.19. The molecule has 2 rings (SSSR count). The summed E-state index contributed by atoms with van der Waals surface area (Å²) < 4.78 is 4.91. The molecule has 94 valence electrons. The van der Waals surface area contributed by atoms with Crippen molar-refractivity contribution in [3.63, 3.8) is 0 Å². The highest BCUT2D eigenvalue weighted by Gasteiger charge is 2.17. The third kappa shape index (κ3) is 3.81. The van der Waals surface area contributed by atoms with Crippen LogP contribution in [0.2, 0.25) is 0 Å². The van der Waals surface area contributed by atoms with Crippen LogP contribution in [0.5, 0.6) is 0 Å². The highest BCUT2D eigenvalue weighted by molar-refractivity contribution is 5.74. The Morgan fingerprint density at radius 2 is 2.29 bits per heavy atom. The summed E-state index contributed by atoms with van der Waals surface area (Å²) in [5, 5.41) is 3.65. The molecule has 0 aromatic carbocycles. The standard InChI is InChI=1S/C11H17N3O3/c1-8-12-11(17-13-8)7-6-10(15)14-16-9-4-2-3-5-9/h9H,2-7H2,1H3,(H,14,15). The molecular weight excluding hydrogens is 222 g/mol. The molecular formula is C11H17N3O3. The van der Waals surface area contributed by atoms with Gasteiger partial charge < -0.3 is 4.52 Å². The van der Waals surface area contributed by atoms with Gasteiger partial charge in [-0.3, -0.25) is 9.63 Å². The fourth-order valence-corrected chi connectivity index (χ4v) is 1.87. The monoisotopic (exact) mass is 239 g/mol. The maximum atomic E-state index is 11.5. The van der Waals surface area contributed by atoms with Gasteiger partial charge in [0.25, 0.3) is 0 Å². The van der Waals surface area contributed by atoms with Crippen LogP contribution >= 0.6 is 0 Å². The number of aryl methyl sites for hydroxylation is 2. The van der Waals surface area contributed by atoms with E-state index in [0.717, 1.165) is 12.8 Å². The Morgan fingerprint density at radius 1 is 1.53 bits per heavy atom. The van der Waals surface area contributed by atoms with E-state index in [-0.39, 0.29) is 12.0 Å². The second-order valence-corrected chi connectivity index (χ2v) is 4.28. The molecule has 0 aliphatic heterocycles. The Kier molecular flexibility index (Phi) is 4.08. The molecule has 6 nitrogen and oxygen atoms in total. The van der Waals surface area contributed by atoms with Crippen LogP contribution in [0, 0.1) is 6.92 Å². The van der Waals surface area contributed by atoms with Crippen molar-refractivity contribution in [1.82, 2.24) is 15.6 Å². The normalized spacial score (nSPS) is 16.3. The van der Waals surface area contributed by atoms with Crippen molar-refractivity contribution >= 4 is 5.91 Å². The summed E-state index contributed by atoms with van der Waals surface area (Å²) in [7, 11) is 0. The van der Waals surface area contributed by atoms with Gasteiger partial charge in [0.05, 0.1) is 6.10 Å². The molecule has 0 bridgehead atoms. The lowest BCUT2D eigenvalue weighted by Crippen LogP contribution is -2.28. The molecule has 1 N–H and O–H groups in total. The molecule has 0 unspecified atom stereocenters. The molecule has 1 heterocycles. The maximum Gasteiger partial charge on any atom is 0.244 e. The molecule has 1 saturated carbocycles. The SMILES string of the molecule is Cc1noc(CCC(=O)NOC2CCCC2)n1. The van der Waals surface area contributed by atoms with E-state index in [2.05, 4.69) is 15.6 Å². The summed E-state index contributed by atoms with van der Waals surface area (Å²) in [6, 6.07) is 0. The van der Waals surface area contributed by atoms with Crippen molar-refractivity contribution in [2.24, 2.45) is 0 Å². The van der Waals surface area contributed by atoms with Crippen LogP contribution in [0.1, 0.15) is 43.8 Å². The number of hydrogen-bond acceptors (Lipinski definition) is 5. The van der Waals surface area contributed by atoms with Gasteiger partial charge in [0.1, 0.15) is 0 Å². The summed E-state index contributed by atoms with van der Waals surface area (Å²) in [6.07, 6.45) is 5.36. The van der Waals surface area contributed by atoms with Crippen LogP contribution in [0.25, 0.3) is 0 Å². The second-order valence-electron chi connectivity index (χ2n) is 4.28. The lowest BCUT2D eigenvalue weighted by Gasteiger charge is -2.10. The first-order valence-electron chi connectivity index (χ1n) is 5.98. The highest BCUT2D eigenvalue weighted by atomic mass is 16.7. The zero-order valence-electron chi connectivity index (χ0n) is 9.94. The zero-order valence-corrected chi connectivity index (χ0v) is 9.94. The van der Waals surface area contributed by atoms with Crippen molar-refractivity contribution in [2.75, 3.05) is 0 Å². The molecule has 1 aliphatic rings. The Labute approximate surface area is 99.7 Å². The predicted molar refractivity (Wildman–Crippen MR) is 58.8 cm³/mol. The summed E-state index contributed by atoms with van der Waals surface area (Å²) in [5.74, 6) is 0.925. The lowest BCUT2D eigenvalue weighted by atomic mass is 10.3. The fraction of sp³-hybridized carbons (Fsp3) is 0.727. The number of hydroxylamine groups is 1. The maximum absolute atomic E-state index is 11.5. The van der Waals surface area contributed by atoms with Gasteiger partial charge in [-0.05, 0) is 19.8 Å². The molecule has 0 spiro atoms. The van der Waals surface area contributed by atoms with E-state index in [1.165, 1.54) is 12.8 Å². The van der Waals surface area contributed by atoms with Crippen LogP contribution in [0.4, 0.5) is 0 Å². The number of carbonyl (C=O) groups is 1. The molecule has 0 atom stereocenters.